The molecular weight excluding hydrogens is 358 g/mol. The Morgan fingerprint density at radius 1 is 1.18 bits per heavy atom. The van der Waals surface area contributed by atoms with Crippen LogP contribution in [0.4, 0.5) is 11.4 Å². The highest BCUT2D eigenvalue weighted by molar-refractivity contribution is 5.98. The summed E-state index contributed by atoms with van der Waals surface area (Å²) in [5.74, 6) is -0.348. The third-order valence-electron chi connectivity index (χ3n) is 4.89. The topological polar surface area (TPSA) is 75.9 Å². The summed E-state index contributed by atoms with van der Waals surface area (Å²) in [5, 5.41) is 11.4. The van der Waals surface area contributed by atoms with E-state index in [0.717, 1.165) is 24.1 Å². The van der Waals surface area contributed by atoms with Gasteiger partial charge in [-0.3, -0.25) is 14.9 Å². The van der Waals surface area contributed by atoms with E-state index < -0.39 is 4.92 Å². The van der Waals surface area contributed by atoms with Crippen LogP contribution < -0.4 is 4.90 Å². The predicted octanol–water partition coefficient (Wildman–Crippen LogP) is 3.48. The molecule has 1 aliphatic heterocycles. The first-order valence-corrected chi connectivity index (χ1v) is 9.36. The van der Waals surface area contributed by atoms with Crippen molar-refractivity contribution in [3.05, 3.63) is 69.8 Å². The molecule has 2 aromatic carbocycles. The Kier molecular flexibility index (Phi) is 6.26. The van der Waals surface area contributed by atoms with Gasteiger partial charge in [0.25, 0.3) is 11.6 Å². The van der Waals surface area contributed by atoms with Crippen LogP contribution in [0.3, 0.4) is 0 Å². The number of rotatable bonds is 7. The van der Waals surface area contributed by atoms with Crippen LogP contribution in [0.25, 0.3) is 0 Å². The van der Waals surface area contributed by atoms with Gasteiger partial charge in [0, 0.05) is 45.5 Å². The molecule has 1 atom stereocenters. The second-order valence-corrected chi connectivity index (χ2v) is 7.16. The van der Waals surface area contributed by atoms with Crippen molar-refractivity contribution >= 4 is 17.3 Å². The third-order valence-corrected chi connectivity index (χ3v) is 4.89. The number of hydrogen-bond donors (Lipinski definition) is 0. The molecular formula is C21H25N3O4. The first-order valence-electron chi connectivity index (χ1n) is 9.36. The molecule has 0 aromatic heterocycles. The second-order valence-electron chi connectivity index (χ2n) is 7.16. The van der Waals surface area contributed by atoms with Gasteiger partial charge in [-0.25, -0.2) is 0 Å². The molecule has 0 saturated carbocycles. The van der Waals surface area contributed by atoms with Crippen molar-refractivity contribution in [2.45, 2.75) is 25.5 Å². The van der Waals surface area contributed by atoms with Crippen LogP contribution in [-0.4, -0.2) is 49.1 Å². The fourth-order valence-electron chi connectivity index (χ4n) is 3.36. The first kappa shape index (κ1) is 19.8. The van der Waals surface area contributed by atoms with Gasteiger partial charge >= 0.3 is 0 Å². The molecule has 1 aliphatic rings. The minimum atomic E-state index is -0.511. The van der Waals surface area contributed by atoms with Crippen LogP contribution in [0.15, 0.2) is 48.5 Å². The second kappa shape index (κ2) is 8.84. The van der Waals surface area contributed by atoms with E-state index in [0.29, 0.717) is 19.7 Å². The quantitative estimate of drug-likeness (QED) is 0.540. The number of nitro groups is 1. The molecule has 0 bridgehead atoms. The third kappa shape index (κ3) is 4.67. The van der Waals surface area contributed by atoms with E-state index in [9.17, 15) is 14.9 Å². The largest absolute Gasteiger partial charge is 0.378 e. The molecule has 7 nitrogen and oxygen atoms in total. The molecule has 0 aliphatic carbocycles. The highest BCUT2D eigenvalue weighted by Gasteiger charge is 2.27. The van der Waals surface area contributed by atoms with Crippen molar-refractivity contribution in [2.24, 2.45) is 0 Å². The maximum Gasteiger partial charge on any atom is 0.282 e. The summed E-state index contributed by atoms with van der Waals surface area (Å²) in [7, 11) is 3.94. The maximum absolute atomic E-state index is 13.2. The van der Waals surface area contributed by atoms with Crippen LogP contribution >= 0.6 is 0 Å². The Hall–Kier alpha value is -2.93. The van der Waals surface area contributed by atoms with Gasteiger partial charge in [0.15, 0.2) is 0 Å². The molecule has 3 rings (SSSR count). The number of carbonyl (C=O) groups excluding carboxylic acids is 1. The summed E-state index contributed by atoms with van der Waals surface area (Å²) in [6.07, 6.45) is 1.82. The number of para-hydroxylation sites is 1. The van der Waals surface area contributed by atoms with Gasteiger partial charge in [0.05, 0.1) is 11.0 Å². The number of ether oxygens (including phenoxy) is 1. The molecule has 7 heteroatoms. The Morgan fingerprint density at radius 3 is 2.50 bits per heavy atom. The summed E-state index contributed by atoms with van der Waals surface area (Å²) in [6.45, 7) is 1.48. The Morgan fingerprint density at radius 2 is 1.89 bits per heavy atom. The van der Waals surface area contributed by atoms with E-state index in [1.165, 1.54) is 12.1 Å². The lowest BCUT2D eigenvalue weighted by Gasteiger charge is -2.26. The first-order chi connectivity index (χ1) is 13.5. The van der Waals surface area contributed by atoms with E-state index in [1.54, 1.807) is 17.0 Å². The van der Waals surface area contributed by atoms with Crippen LogP contribution in [0.5, 0.6) is 0 Å². The summed E-state index contributed by atoms with van der Waals surface area (Å²) >= 11 is 0. The molecule has 0 radical (unpaired) electrons. The number of nitro benzene ring substituents is 1. The van der Waals surface area contributed by atoms with Gasteiger partial charge in [-0.15, -0.1) is 0 Å². The van der Waals surface area contributed by atoms with Gasteiger partial charge < -0.3 is 14.5 Å². The molecule has 148 valence electrons. The van der Waals surface area contributed by atoms with Gasteiger partial charge in [0.2, 0.25) is 0 Å². The highest BCUT2D eigenvalue weighted by atomic mass is 16.6. The van der Waals surface area contributed by atoms with E-state index >= 15 is 0 Å². The highest BCUT2D eigenvalue weighted by Crippen LogP contribution is 2.23. The molecule has 1 saturated heterocycles. The van der Waals surface area contributed by atoms with E-state index in [1.807, 2.05) is 43.3 Å². The number of nitrogens with zero attached hydrogens (tertiary/aromatic N) is 3. The fourth-order valence-corrected chi connectivity index (χ4v) is 3.36. The molecule has 0 unspecified atom stereocenters. The minimum Gasteiger partial charge on any atom is -0.378 e. The zero-order valence-corrected chi connectivity index (χ0v) is 16.2. The van der Waals surface area contributed by atoms with Gasteiger partial charge in [0.1, 0.15) is 5.56 Å². The fraction of sp³-hybridized carbons (Fsp3) is 0.381. The number of carbonyl (C=O) groups is 1. The lowest BCUT2D eigenvalue weighted by molar-refractivity contribution is -0.385. The van der Waals surface area contributed by atoms with Crippen molar-refractivity contribution < 1.29 is 14.5 Å². The number of anilines is 1. The Bertz CT molecular complexity index is 830. The average Bonchev–Trinajstić information content (AvgIpc) is 3.20. The Balaban J connectivity index is 1.86. The summed E-state index contributed by atoms with van der Waals surface area (Å²) in [4.78, 5) is 27.7. The van der Waals surface area contributed by atoms with Crippen LogP contribution in [0.1, 0.15) is 28.8 Å². The van der Waals surface area contributed by atoms with E-state index in [4.69, 9.17) is 4.74 Å². The summed E-state index contributed by atoms with van der Waals surface area (Å²) in [5.41, 5.74) is 1.97. The smallest absolute Gasteiger partial charge is 0.282 e. The molecule has 1 amide bonds. The van der Waals surface area contributed by atoms with Crippen LogP contribution in [0, 0.1) is 10.1 Å². The number of amides is 1. The molecule has 1 fully saturated rings. The van der Waals surface area contributed by atoms with E-state index in [2.05, 4.69) is 0 Å². The van der Waals surface area contributed by atoms with Crippen LogP contribution in [0.2, 0.25) is 0 Å². The number of hydrogen-bond acceptors (Lipinski definition) is 5. The molecule has 28 heavy (non-hydrogen) atoms. The Labute approximate surface area is 164 Å². The molecule has 0 N–H and O–H groups in total. The zero-order valence-electron chi connectivity index (χ0n) is 16.2. The molecule has 0 spiro atoms. The number of benzene rings is 2. The van der Waals surface area contributed by atoms with Crippen molar-refractivity contribution in [1.29, 1.82) is 0 Å². The predicted molar refractivity (Wildman–Crippen MR) is 108 cm³/mol. The van der Waals surface area contributed by atoms with Gasteiger partial charge in [-0.05, 0) is 36.6 Å². The summed E-state index contributed by atoms with van der Waals surface area (Å²) in [6, 6.07) is 14.0. The van der Waals surface area contributed by atoms with Gasteiger partial charge in [-0.2, -0.15) is 0 Å². The normalized spacial score (nSPS) is 16.0. The van der Waals surface area contributed by atoms with Crippen LogP contribution in [-0.2, 0) is 11.3 Å². The minimum absolute atomic E-state index is 0.0345. The average molecular weight is 383 g/mol. The molecule has 2 aromatic rings. The van der Waals surface area contributed by atoms with Crippen molar-refractivity contribution in [3.8, 4) is 0 Å². The molecule has 1 heterocycles. The summed E-state index contributed by atoms with van der Waals surface area (Å²) < 4.78 is 5.70. The zero-order chi connectivity index (χ0) is 20.1. The standard InChI is InChI=1S/C21H25N3O4/c1-22(2)17-11-9-16(10-12-17)14-23(15-18-6-5-13-28-18)21(25)19-7-3-4-8-20(19)24(26)27/h3-4,7-12,18H,5-6,13-15H2,1-2H3/t18-/m1/s1. The van der Waals surface area contributed by atoms with Crippen molar-refractivity contribution in [2.75, 3.05) is 32.1 Å². The van der Waals surface area contributed by atoms with E-state index in [-0.39, 0.29) is 23.3 Å². The maximum atomic E-state index is 13.2. The monoisotopic (exact) mass is 383 g/mol. The lowest BCUT2D eigenvalue weighted by atomic mass is 10.1. The SMILES string of the molecule is CN(C)c1ccc(CN(C[C@H]2CCCO2)C(=O)c2ccccc2[N+](=O)[O-])cc1. The van der Waals surface area contributed by atoms with Gasteiger partial charge in [-0.1, -0.05) is 24.3 Å². The van der Waals surface area contributed by atoms with Crippen molar-refractivity contribution in [1.82, 2.24) is 4.90 Å². The lowest BCUT2D eigenvalue weighted by Crippen LogP contribution is -2.37. The van der Waals surface area contributed by atoms with Crippen molar-refractivity contribution in [3.63, 3.8) is 0 Å².